The van der Waals surface area contributed by atoms with Crippen LogP contribution in [-0.4, -0.2) is 124 Å². The molecule has 8 amide bonds. The second-order valence-electron chi connectivity index (χ2n) is 16.1. The summed E-state index contributed by atoms with van der Waals surface area (Å²) in [5, 5.41) is 18.7. The zero-order chi connectivity index (χ0) is 43.5. The molecule has 2 aromatic rings. The number of para-hydroxylation sites is 1. The lowest BCUT2D eigenvalue weighted by Gasteiger charge is -2.31. The molecule has 20 heteroatoms. The first-order valence-corrected chi connectivity index (χ1v) is 21.4. The zero-order valence-corrected chi connectivity index (χ0v) is 34.9. The van der Waals surface area contributed by atoms with Gasteiger partial charge in [0.25, 0.3) is 5.91 Å². The molecule has 60 heavy (non-hydrogen) atoms. The number of Topliss-reactive ketones (excluding diaryl/α,β-unsaturated/α-hetero) is 1. The summed E-state index contributed by atoms with van der Waals surface area (Å²) in [4.78, 5) is 128. The number of H-pyrrole nitrogens is 1. The minimum atomic E-state index is -1.48. The van der Waals surface area contributed by atoms with Gasteiger partial charge < -0.3 is 47.5 Å². The molecule has 4 heterocycles. The summed E-state index contributed by atoms with van der Waals surface area (Å²) in [6.45, 7) is 6.48. The Kier molecular flexibility index (Phi) is 13.5. The van der Waals surface area contributed by atoms with Crippen LogP contribution >= 0.6 is 11.8 Å². The molecule has 6 rings (SSSR count). The van der Waals surface area contributed by atoms with Crippen molar-refractivity contribution in [2.24, 2.45) is 17.6 Å². The Labute approximate surface area is 351 Å². The summed E-state index contributed by atoms with van der Waals surface area (Å²) in [5.74, 6) is -6.86. The number of primary amides is 1. The molecule has 324 valence electrons. The minimum absolute atomic E-state index is 0.187. The van der Waals surface area contributed by atoms with E-state index in [0.717, 1.165) is 11.8 Å². The van der Waals surface area contributed by atoms with Crippen molar-refractivity contribution in [1.82, 2.24) is 47.1 Å². The lowest BCUT2D eigenvalue weighted by molar-refractivity contribution is -0.140. The molecule has 2 bridgehead atoms. The molecular weight excluding hydrogens is 797 g/mol. The van der Waals surface area contributed by atoms with Gasteiger partial charge in [-0.15, -0.1) is 0 Å². The number of rotatable bonds is 6. The molecule has 2 fully saturated rings. The summed E-state index contributed by atoms with van der Waals surface area (Å²) < 4.78 is 0. The smallest absolute Gasteiger partial charge is 0.254 e. The van der Waals surface area contributed by atoms with E-state index in [-0.39, 0.29) is 31.1 Å². The average Bonchev–Trinajstić information content (AvgIpc) is 3.47. The van der Waals surface area contributed by atoms with Gasteiger partial charge in [0.15, 0.2) is 11.2 Å². The monoisotopic (exact) mass is 850 g/mol. The number of nitrogens with two attached hydrogens (primary N) is 1. The van der Waals surface area contributed by atoms with Crippen LogP contribution in [0.3, 0.4) is 0 Å². The highest BCUT2D eigenvalue weighted by molar-refractivity contribution is 8.00. The fourth-order valence-corrected chi connectivity index (χ4v) is 9.50. The Morgan fingerprint density at radius 2 is 1.63 bits per heavy atom. The number of ketones is 1. The van der Waals surface area contributed by atoms with Crippen molar-refractivity contribution in [3.05, 3.63) is 29.8 Å². The predicted molar refractivity (Wildman–Crippen MR) is 218 cm³/mol. The Morgan fingerprint density at radius 1 is 0.883 bits per heavy atom. The van der Waals surface area contributed by atoms with E-state index < -0.39 is 114 Å². The van der Waals surface area contributed by atoms with E-state index in [1.807, 2.05) is 13.8 Å². The molecule has 1 aliphatic carbocycles. The van der Waals surface area contributed by atoms with Crippen molar-refractivity contribution in [3.63, 3.8) is 0 Å². The highest BCUT2D eigenvalue weighted by atomic mass is 32.2. The number of carbonyl (C=O) groups excluding carboxylic acids is 9. The predicted octanol–water partition coefficient (Wildman–Crippen LogP) is -1.41. The number of amides is 8. The van der Waals surface area contributed by atoms with Crippen molar-refractivity contribution in [3.8, 4) is 0 Å². The van der Waals surface area contributed by atoms with Crippen molar-refractivity contribution in [2.75, 3.05) is 19.6 Å². The first kappa shape index (κ1) is 44.1. The SMILES string of the molecule is CC[C@H](C)[C@@H]1NC(=O)C[C@H]2CCCN2C(=O)C(CC(N)=O)NC(=O)[C@H]2NC(=O)CNC3C(=O)[C@]3([C@@H](C)CC)NC(=O)CNC(=O)[C@H](Cc3c([nH]c4ccccc34)S2)NC1=O. The summed E-state index contributed by atoms with van der Waals surface area (Å²) in [5.41, 5.74) is 5.26. The molecule has 0 spiro atoms. The van der Waals surface area contributed by atoms with Gasteiger partial charge >= 0.3 is 0 Å². The lowest BCUT2D eigenvalue weighted by atomic mass is 9.95. The Morgan fingerprint density at radius 3 is 2.35 bits per heavy atom. The van der Waals surface area contributed by atoms with Crippen LogP contribution in [0.1, 0.15) is 71.8 Å². The highest BCUT2D eigenvalue weighted by Crippen LogP contribution is 2.40. The third-order valence-corrected chi connectivity index (χ3v) is 13.3. The number of aromatic nitrogens is 1. The van der Waals surface area contributed by atoms with Crippen LogP contribution in [0.2, 0.25) is 0 Å². The minimum Gasteiger partial charge on any atom is -0.370 e. The summed E-state index contributed by atoms with van der Waals surface area (Å²) in [6.07, 6.45) is 0.957. The number of hydrogen-bond donors (Lipinski definition) is 9. The van der Waals surface area contributed by atoms with Crippen molar-refractivity contribution in [2.45, 2.75) is 119 Å². The first-order chi connectivity index (χ1) is 28.6. The van der Waals surface area contributed by atoms with Crippen molar-refractivity contribution >= 4 is 75.7 Å². The Bertz CT molecular complexity index is 2080. The number of carbonyl (C=O) groups is 9. The van der Waals surface area contributed by atoms with Gasteiger partial charge in [0.05, 0.1) is 24.5 Å². The van der Waals surface area contributed by atoms with Gasteiger partial charge in [-0.1, -0.05) is 70.5 Å². The molecule has 1 saturated carbocycles. The molecule has 1 saturated heterocycles. The van der Waals surface area contributed by atoms with Crippen molar-refractivity contribution < 1.29 is 43.2 Å². The van der Waals surface area contributed by atoms with Crippen LogP contribution < -0.4 is 43.0 Å². The maximum absolute atomic E-state index is 14.4. The van der Waals surface area contributed by atoms with E-state index in [0.29, 0.717) is 47.2 Å². The van der Waals surface area contributed by atoms with E-state index in [1.54, 1.807) is 38.1 Å². The number of aromatic amines is 1. The molecule has 2 unspecified atom stereocenters. The normalized spacial score (nSPS) is 29.7. The lowest BCUT2D eigenvalue weighted by Crippen LogP contribution is -2.58. The van der Waals surface area contributed by atoms with Gasteiger partial charge in [-0.25, -0.2) is 0 Å². The van der Waals surface area contributed by atoms with E-state index >= 15 is 0 Å². The number of thioether (sulfide) groups is 1. The largest absolute Gasteiger partial charge is 0.370 e. The van der Waals surface area contributed by atoms with Crippen LogP contribution in [0.15, 0.2) is 29.3 Å². The van der Waals surface area contributed by atoms with E-state index in [1.165, 1.54) is 4.90 Å². The molecule has 1 aromatic carbocycles. The third-order valence-electron chi connectivity index (χ3n) is 12.2. The van der Waals surface area contributed by atoms with Crippen LogP contribution in [0.25, 0.3) is 10.9 Å². The van der Waals surface area contributed by atoms with Crippen LogP contribution in [0.4, 0.5) is 0 Å². The summed E-state index contributed by atoms with van der Waals surface area (Å²) in [7, 11) is 0. The number of nitrogens with one attached hydrogen (secondary N) is 8. The van der Waals surface area contributed by atoms with Crippen molar-refractivity contribution in [1.29, 1.82) is 0 Å². The fraction of sp³-hybridized carbons (Fsp3) is 0.575. The van der Waals surface area contributed by atoms with E-state index in [9.17, 15) is 43.2 Å². The summed E-state index contributed by atoms with van der Waals surface area (Å²) >= 11 is 0.868. The maximum Gasteiger partial charge on any atom is 0.254 e. The van der Waals surface area contributed by atoms with E-state index in [2.05, 4.69) is 42.2 Å². The molecule has 0 radical (unpaired) electrons. The zero-order valence-electron chi connectivity index (χ0n) is 34.1. The molecule has 9 atom stereocenters. The molecule has 3 aliphatic heterocycles. The second kappa shape index (κ2) is 18.4. The molecular formula is C40H54N10O9S. The maximum atomic E-state index is 14.4. The molecule has 4 aliphatic rings. The van der Waals surface area contributed by atoms with Gasteiger partial charge in [0.2, 0.25) is 41.4 Å². The number of benzene rings is 1. The van der Waals surface area contributed by atoms with Gasteiger partial charge in [0, 0.05) is 36.3 Å². The molecule has 1 aromatic heterocycles. The second-order valence-corrected chi connectivity index (χ2v) is 17.2. The van der Waals surface area contributed by atoms with Gasteiger partial charge in [0.1, 0.15) is 29.7 Å². The first-order valence-electron chi connectivity index (χ1n) is 20.5. The third kappa shape index (κ3) is 9.28. The number of hydrogen-bond acceptors (Lipinski definition) is 11. The number of nitrogens with zero attached hydrogens (tertiary/aromatic N) is 1. The van der Waals surface area contributed by atoms with Gasteiger partial charge in [-0.3, -0.25) is 48.5 Å². The molecule has 19 nitrogen and oxygen atoms in total. The van der Waals surface area contributed by atoms with Gasteiger partial charge in [-0.2, -0.15) is 0 Å². The van der Waals surface area contributed by atoms with Crippen LogP contribution in [-0.2, 0) is 49.6 Å². The average molecular weight is 851 g/mol. The Hall–Kier alpha value is -5.50. The fourth-order valence-electron chi connectivity index (χ4n) is 8.39. The highest BCUT2D eigenvalue weighted by Gasteiger charge is 2.68. The Balaban J connectivity index is 1.49. The standard InChI is InChI=1S/C40H54N10O9S/c1-5-19(3)31-35(57)44-25-15-23-22-11-7-8-12-24(22)46-37(23)60-38(36(58)45-26(16-27(41)51)39(59)50-13-9-10-21(50)14-28(52)47-31)48-29(53)17-42-32-33(55)40(32,20(4)6-2)49-30(54)18-43-34(25)56/h7-8,11-12,19-21,25-26,31-32,38,42,46H,5-6,9-10,13-18H2,1-4H3,(H2,41,51)(H,43,56)(H,44,57)(H,45,58)(H,47,52)(H,48,53)(H,49,54)/t19-,20-,21+,25-,26?,31-,32?,38-,40+/m0/s1. The molecule has 10 N–H and O–H groups in total. The van der Waals surface area contributed by atoms with E-state index in [4.69, 9.17) is 5.73 Å². The van der Waals surface area contributed by atoms with Crippen LogP contribution in [0.5, 0.6) is 0 Å². The topological polar surface area (TPSA) is 283 Å². The van der Waals surface area contributed by atoms with Gasteiger partial charge in [-0.05, 0) is 36.3 Å². The number of fused-ring (bicyclic) bond motifs is 5. The quantitative estimate of drug-likeness (QED) is 0.163. The summed E-state index contributed by atoms with van der Waals surface area (Å²) in [6, 6.07) is 1.55. The van der Waals surface area contributed by atoms with Crippen LogP contribution in [0, 0.1) is 11.8 Å².